The van der Waals surface area contributed by atoms with E-state index in [4.69, 9.17) is 14.8 Å². The summed E-state index contributed by atoms with van der Waals surface area (Å²) in [4.78, 5) is 22.2. The number of rotatable bonds is 7. The second kappa shape index (κ2) is 9.68. The Morgan fingerprint density at radius 1 is 1.05 bits per heavy atom. The molecule has 1 aromatic carbocycles. The Labute approximate surface area is 228 Å². The van der Waals surface area contributed by atoms with Gasteiger partial charge < -0.3 is 9.30 Å². The molecule has 1 fully saturated rings. The van der Waals surface area contributed by atoms with E-state index in [-0.39, 0.29) is 11.9 Å². The van der Waals surface area contributed by atoms with Crippen molar-refractivity contribution < 1.29 is 17.9 Å². The summed E-state index contributed by atoms with van der Waals surface area (Å²) < 4.78 is 48.2. The van der Waals surface area contributed by atoms with Crippen molar-refractivity contribution in [2.24, 2.45) is 7.05 Å². The molecule has 0 bridgehead atoms. The lowest BCUT2D eigenvalue weighted by Crippen LogP contribution is -2.04. The Balaban J connectivity index is 1.38. The number of methoxy groups -OCH3 is 1. The number of benzene rings is 1. The van der Waals surface area contributed by atoms with Crippen LogP contribution in [0.4, 0.5) is 13.2 Å². The number of fused-ring (bicyclic) bond motifs is 1. The summed E-state index contributed by atoms with van der Waals surface area (Å²) in [5.74, 6) is 1.51. The zero-order valence-corrected chi connectivity index (χ0v) is 22.4. The number of hydrogen-bond acceptors (Lipinski definition) is 7. The molecule has 1 aliphatic carbocycles. The number of hydrogen-bond donors (Lipinski definition) is 0. The molecular weight excluding hydrogens is 521 g/mol. The summed E-state index contributed by atoms with van der Waals surface area (Å²) in [5, 5.41) is 4.87. The van der Waals surface area contributed by atoms with Crippen LogP contribution in [-0.2, 0) is 19.6 Å². The fourth-order valence-corrected chi connectivity index (χ4v) is 4.87. The first-order valence-corrected chi connectivity index (χ1v) is 13.0. The highest BCUT2D eigenvalue weighted by Gasteiger charge is 2.35. The van der Waals surface area contributed by atoms with E-state index in [2.05, 4.69) is 19.9 Å². The van der Waals surface area contributed by atoms with Gasteiger partial charge in [-0.05, 0) is 32.3 Å². The van der Waals surface area contributed by atoms with Gasteiger partial charge in [0.05, 0.1) is 24.7 Å². The van der Waals surface area contributed by atoms with Gasteiger partial charge in [0.15, 0.2) is 11.5 Å². The molecular formula is C28H27F3N8O. The van der Waals surface area contributed by atoms with Gasteiger partial charge in [-0.15, -0.1) is 0 Å². The summed E-state index contributed by atoms with van der Waals surface area (Å²) in [5.41, 5.74) is 4.49. The van der Waals surface area contributed by atoms with Crippen LogP contribution in [0.3, 0.4) is 0 Å². The number of nitrogens with zero attached hydrogens (tertiary/aromatic N) is 8. The number of ether oxygens (including phenoxy) is 1. The van der Waals surface area contributed by atoms with Crippen LogP contribution in [0.1, 0.15) is 61.3 Å². The normalized spacial score (nSPS) is 13.9. The van der Waals surface area contributed by atoms with Crippen molar-refractivity contribution in [2.75, 3.05) is 7.11 Å². The van der Waals surface area contributed by atoms with E-state index in [9.17, 15) is 13.2 Å². The van der Waals surface area contributed by atoms with Gasteiger partial charge in [0.25, 0.3) is 0 Å². The van der Waals surface area contributed by atoms with Gasteiger partial charge in [-0.3, -0.25) is 4.68 Å². The van der Waals surface area contributed by atoms with E-state index in [1.54, 1.807) is 32.5 Å². The zero-order valence-electron chi connectivity index (χ0n) is 22.4. The summed E-state index contributed by atoms with van der Waals surface area (Å²) >= 11 is 0. The van der Waals surface area contributed by atoms with Crippen LogP contribution >= 0.6 is 0 Å². The minimum Gasteiger partial charge on any atom is -0.480 e. The van der Waals surface area contributed by atoms with Gasteiger partial charge in [0, 0.05) is 37.2 Å². The number of aromatic nitrogens is 8. The van der Waals surface area contributed by atoms with Gasteiger partial charge in [0.1, 0.15) is 28.7 Å². The fraction of sp³-hybridized carbons (Fsp3) is 0.357. The maximum absolute atomic E-state index is 13.1. The third-order valence-electron chi connectivity index (χ3n) is 6.98. The molecule has 0 atom stereocenters. The minimum atomic E-state index is -4.50. The molecule has 0 N–H and O–H groups in total. The monoisotopic (exact) mass is 548 g/mol. The molecule has 5 aromatic rings. The Hall–Kier alpha value is -4.35. The molecule has 6 rings (SSSR count). The molecule has 12 heteroatoms. The second-order valence-electron chi connectivity index (χ2n) is 10.3. The molecule has 0 saturated heterocycles. The van der Waals surface area contributed by atoms with E-state index in [0.29, 0.717) is 40.7 Å². The maximum Gasteiger partial charge on any atom is 0.434 e. The number of aryl methyl sites for hydroxylation is 1. The molecule has 4 aromatic heterocycles. The largest absolute Gasteiger partial charge is 0.480 e. The fourth-order valence-electron chi connectivity index (χ4n) is 4.87. The highest BCUT2D eigenvalue weighted by Crippen LogP contribution is 2.45. The van der Waals surface area contributed by atoms with Crippen LogP contribution in [0.2, 0.25) is 0 Å². The van der Waals surface area contributed by atoms with Gasteiger partial charge >= 0.3 is 6.18 Å². The smallest absolute Gasteiger partial charge is 0.434 e. The van der Waals surface area contributed by atoms with Crippen LogP contribution in [0.25, 0.3) is 33.8 Å². The van der Waals surface area contributed by atoms with Gasteiger partial charge in [-0.1, -0.05) is 24.3 Å². The van der Waals surface area contributed by atoms with E-state index < -0.39 is 11.9 Å². The van der Waals surface area contributed by atoms with Gasteiger partial charge in [0.2, 0.25) is 5.88 Å². The molecule has 0 aliphatic heterocycles. The van der Waals surface area contributed by atoms with E-state index in [1.807, 2.05) is 30.7 Å². The van der Waals surface area contributed by atoms with Crippen molar-refractivity contribution in [3.63, 3.8) is 0 Å². The summed E-state index contributed by atoms with van der Waals surface area (Å²) in [6, 6.07) is 7.37. The van der Waals surface area contributed by atoms with E-state index in [0.717, 1.165) is 41.5 Å². The quantitative estimate of drug-likeness (QED) is 0.255. The average Bonchev–Trinajstić information content (AvgIpc) is 3.61. The Kier molecular flexibility index (Phi) is 6.27. The summed E-state index contributed by atoms with van der Waals surface area (Å²) in [7, 11) is 3.12. The molecule has 0 amide bonds. The molecule has 0 spiro atoms. The number of alkyl halides is 3. The second-order valence-corrected chi connectivity index (χ2v) is 10.3. The van der Waals surface area contributed by atoms with Crippen molar-refractivity contribution >= 4 is 11.0 Å². The van der Waals surface area contributed by atoms with E-state index in [1.165, 1.54) is 10.9 Å². The summed E-state index contributed by atoms with van der Waals surface area (Å²) in [6.07, 6.45) is 2.36. The molecule has 206 valence electrons. The lowest BCUT2D eigenvalue weighted by molar-refractivity contribution is -0.140. The van der Waals surface area contributed by atoms with Crippen LogP contribution in [-0.4, -0.2) is 46.4 Å². The molecule has 1 saturated carbocycles. The summed E-state index contributed by atoms with van der Waals surface area (Å²) in [6.45, 7) is 4.08. The number of imidazole rings is 1. The topological polar surface area (TPSA) is 96.4 Å². The van der Waals surface area contributed by atoms with Crippen molar-refractivity contribution in [3.8, 4) is 28.7 Å². The third-order valence-corrected chi connectivity index (χ3v) is 6.98. The standard InChI is InChI=1S/C28H27F3N8O/c1-15(2)39-20-12-32-25(22-23(17-9-10-17)33-14-34-27(22)40-4)36-24(20)19(37-39)11-16-5-7-18(8-6-16)26-35-21(13-38(26)3)28(29,30)31/h5-8,12-15,17H,9-11H2,1-4H3. The zero-order chi connectivity index (χ0) is 28.2. The molecule has 0 unspecified atom stereocenters. The van der Waals surface area contributed by atoms with Gasteiger partial charge in [-0.2, -0.15) is 18.3 Å². The highest BCUT2D eigenvalue weighted by atomic mass is 19.4. The molecule has 4 heterocycles. The predicted octanol–water partition coefficient (Wildman–Crippen LogP) is 5.76. The minimum absolute atomic E-state index is 0.0796. The molecule has 40 heavy (non-hydrogen) atoms. The Morgan fingerprint density at radius 3 is 2.42 bits per heavy atom. The molecule has 1 aliphatic rings. The maximum atomic E-state index is 13.1. The SMILES string of the molecule is COc1ncnc(C2CC2)c1-c1ncc2c(n1)c(Cc1ccc(-c3nc(C(F)(F)F)cn3C)cc1)nn2C(C)C. The number of halogens is 3. The first-order valence-electron chi connectivity index (χ1n) is 13.0. The van der Waals surface area contributed by atoms with Crippen molar-refractivity contribution in [1.82, 2.24) is 39.3 Å². The van der Waals surface area contributed by atoms with Crippen LogP contribution in [0.15, 0.2) is 43.0 Å². The lowest BCUT2D eigenvalue weighted by Gasteiger charge is -2.11. The van der Waals surface area contributed by atoms with Crippen molar-refractivity contribution in [1.29, 1.82) is 0 Å². The lowest BCUT2D eigenvalue weighted by atomic mass is 10.1. The molecule has 0 radical (unpaired) electrons. The third kappa shape index (κ3) is 4.67. The van der Waals surface area contributed by atoms with Crippen LogP contribution < -0.4 is 4.74 Å². The van der Waals surface area contributed by atoms with Crippen LogP contribution in [0, 0.1) is 0 Å². The Morgan fingerprint density at radius 2 is 1.80 bits per heavy atom. The first-order chi connectivity index (χ1) is 19.1. The Bertz CT molecular complexity index is 1700. The van der Waals surface area contributed by atoms with Crippen molar-refractivity contribution in [3.05, 3.63) is 65.6 Å². The van der Waals surface area contributed by atoms with Crippen LogP contribution in [0.5, 0.6) is 5.88 Å². The van der Waals surface area contributed by atoms with E-state index >= 15 is 0 Å². The first kappa shape index (κ1) is 25.9. The predicted molar refractivity (Wildman–Crippen MR) is 142 cm³/mol. The highest BCUT2D eigenvalue weighted by molar-refractivity contribution is 5.80. The average molecular weight is 549 g/mol. The van der Waals surface area contributed by atoms with Crippen molar-refractivity contribution in [2.45, 2.75) is 51.2 Å². The van der Waals surface area contributed by atoms with Gasteiger partial charge in [-0.25, -0.2) is 24.9 Å². The molecule has 9 nitrogen and oxygen atoms in total.